The van der Waals surface area contributed by atoms with E-state index < -0.39 is 0 Å². The molecule has 1 atom stereocenters. The van der Waals surface area contributed by atoms with E-state index in [0.717, 1.165) is 38.8 Å². The first kappa shape index (κ1) is 19.9. The summed E-state index contributed by atoms with van der Waals surface area (Å²) in [6.45, 7) is 10.6. The van der Waals surface area contributed by atoms with Gasteiger partial charge in [-0.15, -0.1) is 0 Å². The number of fused-ring (bicyclic) bond motifs is 1. The molecule has 144 valence electrons. The summed E-state index contributed by atoms with van der Waals surface area (Å²) in [7, 11) is 0. The van der Waals surface area contributed by atoms with Crippen LogP contribution in [0.4, 0.5) is 0 Å². The minimum absolute atomic E-state index is 0.0490. The lowest BCUT2D eigenvalue weighted by molar-refractivity contribution is 0.227. The number of aromatic nitrogens is 2. The van der Waals surface area contributed by atoms with Gasteiger partial charge in [0.25, 0.3) is 0 Å². The fraction of sp³-hybridized carbons (Fsp3) is 0.409. The molecule has 1 aromatic carbocycles. The largest absolute Gasteiger partial charge is 0.437 e. The molecule has 0 saturated heterocycles. The Morgan fingerprint density at radius 2 is 1.96 bits per heavy atom. The van der Waals surface area contributed by atoms with E-state index in [1.54, 1.807) is 0 Å². The monoisotopic (exact) mass is 430 g/mol. The number of nitrogens with zero attached hydrogens (tertiary/aromatic N) is 2. The number of aliphatic hydroxyl groups excluding tert-OH is 1. The van der Waals surface area contributed by atoms with E-state index in [1.807, 2.05) is 13.0 Å². The molecule has 0 fully saturated rings. The summed E-state index contributed by atoms with van der Waals surface area (Å²) in [5, 5.41) is 10.7. The summed E-state index contributed by atoms with van der Waals surface area (Å²) in [4.78, 5) is 4.66. The molecular formula is C22H27BrN2O2. The highest BCUT2D eigenvalue weighted by molar-refractivity contribution is 9.10. The van der Waals surface area contributed by atoms with Crippen LogP contribution < -0.4 is 4.74 Å². The Morgan fingerprint density at radius 1 is 1.22 bits per heavy atom. The van der Waals surface area contributed by atoms with Crippen molar-refractivity contribution in [2.75, 3.05) is 6.61 Å². The number of ether oxygens (including phenoxy) is 1. The topological polar surface area (TPSA) is 47.3 Å². The van der Waals surface area contributed by atoms with Crippen molar-refractivity contribution in [1.82, 2.24) is 9.55 Å². The molecule has 3 rings (SSSR count). The number of hydrogen-bond acceptors (Lipinski definition) is 3. The number of pyridine rings is 1. The van der Waals surface area contributed by atoms with Gasteiger partial charge < -0.3 is 14.4 Å². The average molecular weight is 431 g/mol. The summed E-state index contributed by atoms with van der Waals surface area (Å²) < 4.78 is 9.31. The van der Waals surface area contributed by atoms with Gasteiger partial charge in [-0.25, -0.2) is 4.98 Å². The zero-order valence-corrected chi connectivity index (χ0v) is 18.2. The number of halogens is 1. The molecule has 0 bridgehead atoms. The third kappa shape index (κ3) is 3.90. The highest BCUT2D eigenvalue weighted by Crippen LogP contribution is 2.37. The van der Waals surface area contributed by atoms with Crippen LogP contribution in [0.5, 0.6) is 11.6 Å². The van der Waals surface area contributed by atoms with E-state index in [1.165, 1.54) is 5.56 Å². The Kier molecular flexibility index (Phi) is 5.92. The Balaban J connectivity index is 2.10. The number of benzene rings is 1. The maximum atomic E-state index is 9.76. The molecule has 4 nitrogen and oxygen atoms in total. The highest BCUT2D eigenvalue weighted by Gasteiger charge is 2.19. The van der Waals surface area contributed by atoms with Gasteiger partial charge in [0.15, 0.2) is 0 Å². The van der Waals surface area contributed by atoms with Gasteiger partial charge in [-0.05, 0) is 71.4 Å². The fourth-order valence-electron chi connectivity index (χ4n) is 3.40. The third-order valence-corrected chi connectivity index (χ3v) is 5.62. The quantitative estimate of drug-likeness (QED) is 0.500. The van der Waals surface area contributed by atoms with Gasteiger partial charge in [-0.3, -0.25) is 0 Å². The second-order valence-electron chi connectivity index (χ2n) is 7.37. The van der Waals surface area contributed by atoms with E-state index in [2.05, 4.69) is 77.6 Å². The van der Waals surface area contributed by atoms with Crippen LogP contribution in [0.1, 0.15) is 56.0 Å². The van der Waals surface area contributed by atoms with Crippen molar-refractivity contribution in [3.05, 3.63) is 51.8 Å². The number of hydrogen-bond donors (Lipinski definition) is 1. The molecule has 0 saturated carbocycles. The van der Waals surface area contributed by atoms with Crippen LogP contribution in [0, 0.1) is 13.8 Å². The zero-order valence-electron chi connectivity index (χ0n) is 16.6. The molecule has 0 aliphatic carbocycles. The number of rotatable bonds is 6. The smallest absolute Gasteiger partial charge is 0.229 e. The van der Waals surface area contributed by atoms with Gasteiger partial charge in [0.2, 0.25) is 5.88 Å². The van der Waals surface area contributed by atoms with E-state index in [4.69, 9.17) is 4.74 Å². The Hall–Kier alpha value is -1.85. The van der Waals surface area contributed by atoms with E-state index in [9.17, 15) is 5.11 Å². The molecule has 0 aliphatic heterocycles. The lowest BCUT2D eigenvalue weighted by atomic mass is 10.0. The summed E-state index contributed by atoms with van der Waals surface area (Å²) in [6, 6.07) is 8.29. The molecule has 0 spiro atoms. The molecule has 0 amide bonds. The lowest BCUT2D eigenvalue weighted by Gasteiger charge is -2.16. The third-order valence-electron chi connectivity index (χ3n) is 5.00. The van der Waals surface area contributed by atoms with Crippen LogP contribution >= 0.6 is 15.9 Å². The van der Waals surface area contributed by atoms with Crippen molar-refractivity contribution >= 4 is 26.8 Å². The first-order chi connectivity index (χ1) is 12.8. The molecule has 0 radical (unpaired) electrons. The summed E-state index contributed by atoms with van der Waals surface area (Å²) in [5.74, 6) is 1.81. The number of aryl methyl sites for hydroxylation is 2. The maximum Gasteiger partial charge on any atom is 0.229 e. The second kappa shape index (κ2) is 8.03. The van der Waals surface area contributed by atoms with Crippen molar-refractivity contribution in [3.63, 3.8) is 0 Å². The van der Waals surface area contributed by atoms with Crippen molar-refractivity contribution < 1.29 is 9.84 Å². The molecule has 1 N–H and O–H groups in total. The summed E-state index contributed by atoms with van der Waals surface area (Å²) >= 11 is 3.63. The van der Waals surface area contributed by atoms with Crippen LogP contribution in [-0.4, -0.2) is 21.3 Å². The van der Waals surface area contributed by atoms with Gasteiger partial charge in [0.05, 0.1) is 28.0 Å². The zero-order chi connectivity index (χ0) is 19.7. The molecule has 3 aromatic rings. The van der Waals surface area contributed by atoms with Crippen LogP contribution in [0.3, 0.4) is 0 Å². The first-order valence-corrected chi connectivity index (χ1v) is 10.2. The number of aliphatic hydroxyl groups is 1. The van der Waals surface area contributed by atoms with Crippen LogP contribution in [0.2, 0.25) is 0 Å². The van der Waals surface area contributed by atoms with Gasteiger partial charge in [0.1, 0.15) is 5.75 Å². The lowest BCUT2D eigenvalue weighted by Crippen LogP contribution is -2.11. The fourth-order valence-corrected chi connectivity index (χ4v) is 3.88. The van der Waals surface area contributed by atoms with Crippen LogP contribution in [0.15, 0.2) is 34.9 Å². The van der Waals surface area contributed by atoms with Crippen molar-refractivity contribution in [1.29, 1.82) is 0 Å². The Bertz CT molecular complexity index is 959. The van der Waals surface area contributed by atoms with Gasteiger partial charge in [0, 0.05) is 11.9 Å². The molecular weight excluding hydrogens is 404 g/mol. The van der Waals surface area contributed by atoms with E-state index in [-0.39, 0.29) is 12.6 Å². The van der Waals surface area contributed by atoms with Crippen molar-refractivity contribution in [2.24, 2.45) is 0 Å². The van der Waals surface area contributed by atoms with Crippen LogP contribution in [0.25, 0.3) is 10.9 Å². The average Bonchev–Trinajstić information content (AvgIpc) is 2.94. The van der Waals surface area contributed by atoms with Gasteiger partial charge >= 0.3 is 0 Å². The SMILES string of the molecule is CCC(CO)n1cc(C)c2c(Oc3ccc(C(C)C)cc3Br)nc(C)cc21. The molecule has 2 aromatic heterocycles. The molecule has 1 unspecified atom stereocenters. The van der Waals surface area contributed by atoms with Gasteiger partial charge in [-0.1, -0.05) is 26.8 Å². The van der Waals surface area contributed by atoms with E-state index in [0.29, 0.717) is 11.8 Å². The second-order valence-corrected chi connectivity index (χ2v) is 8.23. The normalized spacial score (nSPS) is 12.7. The molecule has 0 aliphatic rings. The van der Waals surface area contributed by atoms with Crippen molar-refractivity contribution in [2.45, 2.75) is 53.0 Å². The minimum atomic E-state index is 0.0490. The first-order valence-electron chi connectivity index (χ1n) is 9.42. The Morgan fingerprint density at radius 3 is 2.56 bits per heavy atom. The van der Waals surface area contributed by atoms with Gasteiger partial charge in [-0.2, -0.15) is 0 Å². The predicted octanol–water partition coefficient (Wildman–Crippen LogP) is 6.27. The molecule has 5 heteroatoms. The van der Waals surface area contributed by atoms with E-state index >= 15 is 0 Å². The highest BCUT2D eigenvalue weighted by atomic mass is 79.9. The minimum Gasteiger partial charge on any atom is -0.437 e. The van der Waals surface area contributed by atoms with Crippen molar-refractivity contribution in [3.8, 4) is 11.6 Å². The van der Waals surface area contributed by atoms with Crippen LogP contribution in [-0.2, 0) is 0 Å². The Labute approximate surface area is 169 Å². The summed E-state index contributed by atoms with van der Waals surface area (Å²) in [6.07, 6.45) is 2.94. The summed E-state index contributed by atoms with van der Waals surface area (Å²) in [5.41, 5.74) is 4.28. The molecule has 2 heterocycles. The molecule has 27 heavy (non-hydrogen) atoms. The predicted molar refractivity (Wildman–Crippen MR) is 114 cm³/mol. The standard InChI is InChI=1S/C22H27BrN2O2/c1-6-17(12-26)25-11-14(4)21-19(25)9-15(5)24-22(21)27-20-8-7-16(13(2)3)10-18(20)23/h7-11,13,17,26H,6,12H2,1-5H3. The maximum absolute atomic E-state index is 9.76.